The van der Waals surface area contributed by atoms with E-state index in [-0.39, 0.29) is 5.56 Å². The quantitative estimate of drug-likeness (QED) is 0.411. The summed E-state index contributed by atoms with van der Waals surface area (Å²) in [5, 5.41) is 0. The summed E-state index contributed by atoms with van der Waals surface area (Å²) in [6.07, 6.45) is -6.73. The van der Waals surface area contributed by atoms with Gasteiger partial charge in [0.1, 0.15) is 0 Å². The van der Waals surface area contributed by atoms with Gasteiger partial charge in [-0.3, -0.25) is 0 Å². The number of ether oxygens (including phenoxy) is 1. The Balaban J connectivity index is 3.03. The monoisotopic (exact) mass is 512 g/mol. The van der Waals surface area contributed by atoms with Crippen molar-refractivity contribution in [3.8, 4) is 0 Å². The molecule has 1 aromatic rings. The van der Waals surface area contributed by atoms with Crippen LogP contribution in [-0.4, -0.2) is 18.2 Å². The molecule has 1 unspecified atom stereocenters. The molecule has 0 aliphatic carbocycles. The van der Waals surface area contributed by atoms with Gasteiger partial charge in [0.05, 0.1) is 5.56 Å². The first-order chi connectivity index (χ1) is 8.91. The zero-order valence-electron chi connectivity index (χ0n) is 11.0. The Morgan fingerprint density at radius 2 is 1.55 bits per heavy atom. The predicted molar refractivity (Wildman–Crippen MR) is 86.6 cm³/mol. The zero-order valence-corrected chi connectivity index (χ0v) is 15.3. The van der Waals surface area contributed by atoms with Crippen molar-refractivity contribution in [2.24, 2.45) is 5.41 Å². The standard InChI is InChI=1S/C13H13F3I2O2/c1-12(2,3)11(13(14,15)16)20-10(19)7-4-8(17)6-9(18)5-7/h4-6,11H,1-3H3. The van der Waals surface area contributed by atoms with Crippen molar-refractivity contribution in [1.29, 1.82) is 0 Å². The van der Waals surface area contributed by atoms with Gasteiger partial charge in [-0.1, -0.05) is 20.8 Å². The van der Waals surface area contributed by atoms with E-state index in [1.807, 2.05) is 51.2 Å². The van der Waals surface area contributed by atoms with Crippen molar-refractivity contribution in [2.45, 2.75) is 33.1 Å². The van der Waals surface area contributed by atoms with Gasteiger partial charge in [-0.25, -0.2) is 4.79 Å². The number of benzene rings is 1. The Hall–Kier alpha value is -0.0600. The highest BCUT2D eigenvalue weighted by atomic mass is 127. The number of alkyl halides is 3. The topological polar surface area (TPSA) is 26.3 Å². The summed E-state index contributed by atoms with van der Waals surface area (Å²) in [6.45, 7) is 4.16. The summed E-state index contributed by atoms with van der Waals surface area (Å²) in [5.74, 6) is -0.960. The minimum absolute atomic E-state index is 0.125. The smallest absolute Gasteiger partial charge is 0.426 e. The number of esters is 1. The second-order valence-electron chi connectivity index (χ2n) is 5.35. The Labute approximate surface area is 142 Å². The molecular formula is C13H13F3I2O2. The van der Waals surface area contributed by atoms with Gasteiger partial charge in [-0.2, -0.15) is 13.2 Å². The summed E-state index contributed by atoms with van der Waals surface area (Å²) in [7, 11) is 0. The lowest BCUT2D eigenvalue weighted by Gasteiger charge is -2.31. The first kappa shape index (κ1) is 18.0. The van der Waals surface area contributed by atoms with Gasteiger partial charge >= 0.3 is 12.1 Å². The molecule has 0 amide bonds. The molecule has 0 aromatic heterocycles. The maximum Gasteiger partial charge on any atom is 0.426 e. The maximum absolute atomic E-state index is 13.0. The van der Waals surface area contributed by atoms with Crippen molar-refractivity contribution in [2.75, 3.05) is 0 Å². The molecule has 0 aliphatic rings. The number of rotatable bonds is 2. The van der Waals surface area contributed by atoms with Crippen LogP contribution in [0.1, 0.15) is 31.1 Å². The lowest BCUT2D eigenvalue weighted by Crippen LogP contribution is -2.43. The van der Waals surface area contributed by atoms with Gasteiger partial charge in [0.25, 0.3) is 0 Å². The molecule has 7 heteroatoms. The second-order valence-corrected chi connectivity index (χ2v) is 7.84. The number of hydrogen-bond donors (Lipinski definition) is 0. The number of hydrogen-bond acceptors (Lipinski definition) is 2. The summed E-state index contributed by atoms with van der Waals surface area (Å²) in [6, 6.07) is 4.81. The van der Waals surface area contributed by atoms with Gasteiger partial charge in [0.2, 0.25) is 6.10 Å². The van der Waals surface area contributed by atoms with Crippen LogP contribution in [0.3, 0.4) is 0 Å². The molecular weight excluding hydrogens is 499 g/mol. The molecule has 112 valence electrons. The zero-order chi connectivity index (χ0) is 15.7. The molecule has 2 nitrogen and oxygen atoms in total. The number of halogens is 5. The molecule has 0 radical (unpaired) electrons. The fourth-order valence-corrected chi connectivity index (χ4v) is 3.52. The molecule has 1 atom stereocenters. The molecule has 1 aromatic carbocycles. The van der Waals surface area contributed by atoms with Crippen LogP contribution in [0.4, 0.5) is 13.2 Å². The van der Waals surface area contributed by atoms with E-state index in [4.69, 9.17) is 4.74 Å². The average Bonchev–Trinajstić information content (AvgIpc) is 2.20. The molecule has 0 bridgehead atoms. The molecule has 0 saturated heterocycles. The molecule has 0 fully saturated rings. The lowest BCUT2D eigenvalue weighted by atomic mass is 9.88. The van der Waals surface area contributed by atoms with Gasteiger partial charge < -0.3 is 4.74 Å². The molecule has 20 heavy (non-hydrogen) atoms. The van der Waals surface area contributed by atoms with Gasteiger partial charge in [0.15, 0.2) is 0 Å². The van der Waals surface area contributed by atoms with Crippen molar-refractivity contribution >= 4 is 51.2 Å². The average molecular weight is 512 g/mol. The normalized spacial score (nSPS) is 14.0. The maximum atomic E-state index is 13.0. The van der Waals surface area contributed by atoms with Crippen LogP contribution in [0.2, 0.25) is 0 Å². The van der Waals surface area contributed by atoms with E-state index in [2.05, 4.69) is 0 Å². The van der Waals surface area contributed by atoms with Crippen molar-refractivity contribution in [3.63, 3.8) is 0 Å². The summed E-state index contributed by atoms with van der Waals surface area (Å²) >= 11 is 3.99. The van der Waals surface area contributed by atoms with Crippen LogP contribution in [0.5, 0.6) is 0 Å². The summed E-state index contributed by atoms with van der Waals surface area (Å²) in [4.78, 5) is 11.9. The first-order valence-electron chi connectivity index (χ1n) is 5.65. The van der Waals surface area contributed by atoms with Crippen LogP contribution in [0.25, 0.3) is 0 Å². The predicted octanol–water partition coefficient (Wildman–Crippen LogP) is 5.03. The molecule has 0 heterocycles. The van der Waals surface area contributed by atoms with E-state index in [1.54, 1.807) is 0 Å². The fourth-order valence-electron chi connectivity index (χ4n) is 1.58. The first-order valence-corrected chi connectivity index (χ1v) is 7.81. The van der Waals surface area contributed by atoms with E-state index in [0.29, 0.717) is 0 Å². The van der Waals surface area contributed by atoms with Crippen LogP contribution >= 0.6 is 45.2 Å². The van der Waals surface area contributed by atoms with E-state index >= 15 is 0 Å². The largest absolute Gasteiger partial charge is 0.449 e. The second kappa shape index (κ2) is 6.37. The molecule has 0 aliphatic heterocycles. The molecule has 0 N–H and O–H groups in total. The Morgan fingerprint density at radius 3 is 1.90 bits per heavy atom. The Bertz CT molecular complexity index is 473. The number of carbonyl (C=O) groups is 1. The minimum Gasteiger partial charge on any atom is -0.449 e. The highest BCUT2D eigenvalue weighted by Gasteiger charge is 2.50. The van der Waals surface area contributed by atoms with Gasteiger partial charge in [-0.05, 0) is 63.4 Å². The summed E-state index contributed by atoms with van der Waals surface area (Å²) < 4.78 is 45.1. The Morgan fingerprint density at radius 1 is 1.10 bits per heavy atom. The van der Waals surface area contributed by atoms with Crippen LogP contribution in [0, 0.1) is 12.6 Å². The minimum atomic E-state index is -4.59. The molecule has 0 saturated carbocycles. The van der Waals surface area contributed by atoms with Crippen molar-refractivity contribution in [1.82, 2.24) is 0 Å². The van der Waals surface area contributed by atoms with Gasteiger partial charge in [0, 0.05) is 12.6 Å². The third-order valence-electron chi connectivity index (χ3n) is 2.41. The van der Waals surface area contributed by atoms with Crippen molar-refractivity contribution < 1.29 is 22.7 Å². The molecule has 1 rings (SSSR count). The highest BCUT2D eigenvalue weighted by molar-refractivity contribution is 14.1. The van der Waals surface area contributed by atoms with Gasteiger partial charge in [-0.15, -0.1) is 0 Å². The van der Waals surface area contributed by atoms with E-state index in [0.717, 1.165) is 7.14 Å². The Kier molecular flexibility index (Phi) is 5.73. The van der Waals surface area contributed by atoms with E-state index in [1.165, 1.54) is 32.9 Å². The molecule has 0 spiro atoms. The number of carbonyl (C=O) groups excluding carboxylic acids is 1. The van der Waals surface area contributed by atoms with E-state index < -0.39 is 23.7 Å². The summed E-state index contributed by atoms with van der Waals surface area (Å²) in [5.41, 5.74) is -1.09. The third-order valence-corrected chi connectivity index (χ3v) is 3.65. The van der Waals surface area contributed by atoms with Crippen LogP contribution < -0.4 is 0 Å². The highest BCUT2D eigenvalue weighted by Crippen LogP contribution is 2.36. The van der Waals surface area contributed by atoms with E-state index in [9.17, 15) is 18.0 Å². The fraction of sp³-hybridized carbons (Fsp3) is 0.462. The third kappa shape index (κ3) is 5.05. The van der Waals surface area contributed by atoms with Crippen molar-refractivity contribution in [3.05, 3.63) is 30.9 Å². The van der Waals surface area contributed by atoms with Crippen LogP contribution in [0.15, 0.2) is 18.2 Å². The van der Waals surface area contributed by atoms with Crippen LogP contribution in [-0.2, 0) is 4.74 Å². The lowest BCUT2D eigenvalue weighted by molar-refractivity contribution is -0.231. The SMILES string of the molecule is CC(C)(C)C(OC(=O)c1cc(I)cc(I)c1)C(F)(F)F.